The van der Waals surface area contributed by atoms with Gasteiger partial charge in [-0.3, -0.25) is 24.5 Å². The summed E-state index contributed by atoms with van der Waals surface area (Å²) in [5, 5.41) is 8.55. The van der Waals surface area contributed by atoms with Crippen LogP contribution in [0, 0.1) is 0 Å². The lowest BCUT2D eigenvalue weighted by Gasteiger charge is -2.29. The first-order chi connectivity index (χ1) is 25.0. The Balaban J connectivity index is 0.933. The molecule has 1 unspecified atom stereocenters. The molecule has 3 heterocycles. The van der Waals surface area contributed by atoms with Crippen LogP contribution in [0.2, 0.25) is 0 Å². The molecule has 0 bridgehead atoms. The van der Waals surface area contributed by atoms with Crippen molar-refractivity contribution in [2.24, 2.45) is 7.05 Å². The van der Waals surface area contributed by atoms with E-state index in [0.717, 1.165) is 43.4 Å². The number of carbonyl (C=O) groups excluding carboxylic acids is 4. The van der Waals surface area contributed by atoms with E-state index in [1.165, 1.54) is 17.0 Å². The molecule has 52 heavy (non-hydrogen) atoms. The molecule has 14 heteroatoms. The summed E-state index contributed by atoms with van der Waals surface area (Å²) in [7, 11) is 1.84. The third kappa shape index (κ3) is 8.61. The third-order valence-corrected chi connectivity index (χ3v) is 9.15. The first kappa shape index (κ1) is 36.1. The van der Waals surface area contributed by atoms with Crippen LogP contribution in [0.5, 0.6) is 5.75 Å². The lowest BCUT2D eigenvalue weighted by molar-refractivity contribution is -0.138. The minimum absolute atomic E-state index is 0.206. The summed E-state index contributed by atoms with van der Waals surface area (Å²) in [5.74, 6) is -0.556. The van der Waals surface area contributed by atoms with Crippen LogP contribution >= 0.6 is 0 Å². The summed E-state index contributed by atoms with van der Waals surface area (Å²) in [6, 6.07) is 14.9. The highest BCUT2D eigenvalue weighted by Crippen LogP contribution is 2.32. The Hall–Kier alpha value is -5.66. The maximum Gasteiger partial charge on any atom is 0.416 e. The molecule has 1 aromatic heterocycles. The number of ether oxygens (including phenoxy) is 1. The molecule has 0 aliphatic carbocycles. The monoisotopic (exact) mass is 716 g/mol. The second kappa shape index (κ2) is 15.7. The van der Waals surface area contributed by atoms with E-state index in [1.807, 2.05) is 19.3 Å². The quantitative estimate of drug-likeness (QED) is 0.110. The fourth-order valence-electron chi connectivity index (χ4n) is 6.33. The number of rotatable bonds is 14. The molecule has 272 valence electrons. The number of nitrogens with zero attached hydrogens (tertiary/aromatic N) is 3. The van der Waals surface area contributed by atoms with E-state index < -0.39 is 23.7 Å². The highest BCUT2D eigenvalue weighted by atomic mass is 19.4. The molecule has 1 saturated heterocycles. The zero-order chi connectivity index (χ0) is 36.8. The molecule has 2 aliphatic heterocycles. The fourth-order valence-corrected chi connectivity index (χ4v) is 6.33. The number of anilines is 1. The third-order valence-electron chi connectivity index (χ3n) is 9.15. The van der Waals surface area contributed by atoms with Gasteiger partial charge in [0.05, 0.1) is 24.2 Å². The number of hydrogen-bond acceptors (Lipinski definition) is 7. The van der Waals surface area contributed by atoms with Crippen molar-refractivity contribution in [2.45, 2.75) is 63.8 Å². The van der Waals surface area contributed by atoms with Crippen molar-refractivity contribution in [3.8, 4) is 17.0 Å². The van der Waals surface area contributed by atoms with E-state index >= 15 is 0 Å². The van der Waals surface area contributed by atoms with Gasteiger partial charge >= 0.3 is 6.18 Å². The van der Waals surface area contributed by atoms with Gasteiger partial charge in [-0.1, -0.05) is 25.0 Å². The number of piperidine rings is 1. The van der Waals surface area contributed by atoms with E-state index in [2.05, 4.69) is 20.9 Å². The average Bonchev–Trinajstić information content (AvgIpc) is 3.70. The van der Waals surface area contributed by atoms with Crippen LogP contribution in [-0.4, -0.2) is 57.3 Å². The SMILES string of the molecule is Cn1cnc(-c2cc(C(=O)NCCCCCCOc3ccc4c(c3)CN(C3CCC(=O)NC3=O)C4=O)ccc2NCc2ccc(C(F)(F)F)cc2)c1. The molecule has 1 atom stereocenters. The largest absolute Gasteiger partial charge is 0.494 e. The van der Waals surface area contributed by atoms with Crippen molar-refractivity contribution in [1.82, 2.24) is 25.1 Å². The second-order valence-corrected chi connectivity index (χ2v) is 13.0. The number of imidazole rings is 1. The summed E-state index contributed by atoms with van der Waals surface area (Å²) >= 11 is 0. The van der Waals surface area contributed by atoms with Gasteiger partial charge in [0, 0.05) is 61.7 Å². The van der Waals surface area contributed by atoms with Gasteiger partial charge < -0.3 is 24.8 Å². The zero-order valence-electron chi connectivity index (χ0n) is 28.6. The second-order valence-electron chi connectivity index (χ2n) is 13.0. The van der Waals surface area contributed by atoms with Crippen molar-refractivity contribution in [1.29, 1.82) is 0 Å². The summed E-state index contributed by atoms with van der Waals surface area (Å²) < 4.78 is 46.6. The standard InChI is InChI=1S/C38H39F3N6O5/c1-46-22-32(44-23-46)30-19-25(8-13-31(30)43-20-24-6-9-27(10-7-24)38(39,40)41)35(49)42-16-4-2-3-5-17-52-28-11-12-29-26(18-28)21-47(37(29)51)33-14-15-34(48)45-36(33)50/h6-13,18-19,22-23,33,43H,2-5,14-17,20-21H2,1H3,(H,42,49)(H,45,48,50). The number of nitrogens with one attached hydrogen (secondary N) is 3. The molecular weight excluding hydrogens is 677 g/mol. The van der Waals surface area contributed by atoms with E-state index in [1.54, 1.807) is 41.2 Å². The van der Waals surface area contributed by atoms with Crippen molar-refractivity contribution in [3.05, 3.63) is 101 Å². The van der Waals surface area contributed by atoms with Gasteiger partial charge in [-0.05, 0) is 78.9 Å². The van der Waals surface area contributed by atoms with Crippen molar-refractivity contribution >= 4 is 29.3 Å². The molecule has 11 nitrogen and oxygen atoms in total. The number of fused-ring (bicyclic) bond motifs is 1. The highest BCUT2D eigenvalue weighted by molar-refractivity contribution is 6.05. The smallest absolute Gasteiger partial charge is 0.416 e. The number of amides is 4. The Bertz CT molecular complexity index is 1960. The van der Waals surface area contributed by atoms with Gasteiger partial charge in [-0.15, -0.1) is 0 Å². The van der Waals surface area contributed by atoms with Crippen LogP contribution in [-0.2, 0) is 35.9 Å². The predicted octanol–water partition coefficient (Wildman–Crippen LogP) is 5.85. The number of hydrogen-bond donors (Lipinski definition) is 3. The first-order valence-electron chi connectivity index (χ1n) is 17.2. The molecule has 0 spiro atoms. The number of halogens is 3. The Kier molecular flexibility index (Phi) is 10.9. The van der Waals surface area contributed by atoms with Crippen LogP contribution in [0.15, 0.2) is 73.2 Å². The van der Waals surface area contributed by atoms with Crippen LogP contribution in [0.25, 0.3) is 11.3 Å². The number of imide groups is 1. The number of carbonyl (C=O) groups is 4. The van der Waals surface area contributed by atoms with Crippen LogP contribution in [0.3, 0.4) is 0 Å². The molecule has 1 fully saturated rings. The predicted molar refractivity (Wildman–Crippen MR) is 186 cm³/mol. The van der Waals surface area contributed by atoms with E-state index in [9.17, 15) is 32.3 Å². The maximum atomic E-state index is 13.0. The molecule has 6 rings (SSSR count). The van der Waals surface area contributed by atoms with Gasteiger partial charge in [-0.25, -0.2) is 4.98 Å². The zero-order valence-corrected chi connectivity index (χ0v) is 28.6. The van der Waals surface area contributed by atoms with Crippen molar-refractivity contribution < 1.29 is 37.1 Å². The number of benzene rings is 3. The van der Waals surface area contributed by atoms with Crippen LogP contribution in [0.1, 0.15) is 75.9 Å². The molecule has 0 saturated carbocycles. The van der Waals surface area contributed by atoms with Crippen LogP contribution < -0.4 is 20.7 Å². The number of alkyl halides is 3. The Morgan fingerprint density at radius 2 is 1.77 bits per heavy atom. The normalized spacial score (nSPS) is 15.7. The number of unbranched alkanes of at least 4 members (excludes halogenated alkanes) is 3. The molecule has 2 aliphatic rings. The Morgan fingerprint density at radius 1 is 0.981 bits per heavy atom. The molecule has 3 N–H and O–H groups in total. The molecule has 4 amide bonds. The van der Waals surface area contributed by atoms with Gasteiger partial charge in [0.25, 0.3) is 11.8 Å². The number of aromatic nitrogens is 2. The number of aryl methyl sites for hydroxylation is 1. The lowest BCUT2D eigenvalue weighted by atomic mass is 10.0. The summed E-state index contributed by atoms with van der Waals surface area (Å²) in [5.41, 5.74) is 3.80. The molecule has 3 aromatic carbocycles. The van der Waals surface area contributed by atoms with Gasteiger partial charge in [0.1, 0.15) is 11.8 Å². The fraction of sp³-hybridized carbons (Fsp3) is 0.342. The Labute approximate surface area is 298 Å². The Morgan fingerprint density at radius 3 is 2.50 bits per heavy atom. The average molecular weight is 717 g/mol. The van der Waals surface area contributed by atoms with Gasteiger partial charge in [-0.2, -0.15) is 13.2 Å². The van der Waals surface area contributed by atoms with E-state index in [4.69, 9.17) is 4.74 Å². The molecule has 4 aromatic rings. The first-order valence-corrected chi connectivity index (χ1v) is 17.2. The topological polar surface area (TPSA) is 135 Å². The lowest BCUT2D eigenvalue weighted by Crippen LogP contribution is -2.52. The summed E-state index contributed by atoms with van der Waals surface area (Å²) in [4.78, 5) is 55.7. The van der Waals surface area contributed by atoms with Crippen molar-refractivity contribution in [3.63, 3.8) is 0 Å². The summed E-state index contributed by atoms with van der Waals surface area (Å²) in [6.45, 7) is 1.56. The van der Waals surface area contributed by atoms with Gasteiger partial charge in [0.15, 0.2) is 0 Å². The summed E-state index contributed by atoms with van der Waals surface area (Å²) in [6.07, 6.45) is 2.97. The molecular formula is C38H39F3N6O5. The highest BCUT2D eigenvalue weighted by Gasteiger charge is 2.39. The van der Waals surface area contributed by atoms with Crippen molar-refractivity contribution in [2.75, 3.05) is 18.5 Å². The molecule has 0 radical (unpaired) electrons. The minimum Gasteiger partial charge on any atom is -0.494 e. The van der Waals surface area contributed by atoms with E-state index in [-0.39, 0.29) is 30.7 Å². The maximum absolute atomic E-state index is 13.0. The van der Waals surface area contributed by atoms with Gasteiger partial charge in [0.2, 0.25) is 11.8 Å². The van der Waals surface area contributed by atoms with Crippen LogP contribution in [0.4, 0.5) is 18.9 Å². The minimum atomic E-state index is -4.40. The van der Waals surface area contributed by atoms with E-state index in [0.29, 0.717) is 65.5 Å².